The molecule has 0 radical (unpaired) electrons. The van der Waals surface area contributed by atoms with Gasteiger partial charge in [0.15, 0.2) is 0 Å². The number of rotatable bonds is 7. The molecule has 2 aromatic rings. The van der Waals surface area contributed by atoms with E-state index in [0.29, 0.717) is 19.1 Å². The van der Waals surface area contributed by atoms with E-state index in [1.54, 1.807) is 0 Å². The summed E-state index contributed by atoms with van der Waals surface area (Å²) in [4.78, 5) is 11.3. The number of nitrogens with one attached hydrogen (secondary N) is 1. The molecule has 5 nitrogen and oxygen atoms in total. The zero-order chi connectivity index (χ0) is 21.2. The van der Waals surface area contributed by atoms with E-state index in [0.717, 1.165) is 40.2 Å². The molecule has 2 N–H and O–H groups in total. The third kappa shape index (κ3) is 4.66. The second kappa shape index (κ2) is 8.36. The van der Waals surface area contributed by atoms with Crippen LogP contribution in [0.2, 0.25) is 0 Å². The second-order valence-electron chi connectivity index (χ2n) is 8.76. The van der Waals surface area contributed by atoms with E-state index in [1.807, 2.05) is 37.3 Å². The van der Waals surface area contributed by atoms with Crippen molar-refractivity contribution in [3.63, 3.8) is 0 Å². The number of hydrogen-bond donors (Lipinski definition) is 2. The Bertz CT molecular complexity index is 871. The average Bonchev–Trinajstić information content (AvgIpc) is 2.89. The van der Waals surface area contributed by atoms with Gasteiger partial charge in [-0.2, -0.15) is 0 Å². The van der Waals surface area contributed by atoms with Gasteiger partial charge in [-0.1, -0.05) is 39.8 Å². The molecule has 0 saturated heterocycles. The van der Waals surface area contributed by atoms with Crippen LogP contribution in [-0.2, 0) is 6.42 Å². The van der Waals surface area contributed by atoms with Crippen LogP contribution in [0.1, 0.15) is 51.8 Å². The quantitative estimate of drug-likeness (QED) is 0.631. The molecule has 1 amide bonds. The molecule has 0 aromatic heterocycles. The molecule has 29 heavy (non-hydrogen) atoms. The van der Waals surface area contributed by atoms with Crippen LogP contribution in [0.25, 0.3) is 11.1 Å². The first-order valence-electron chi connectivity index (χ1n) is 10.2. The minimum absolute atomic E-state index is 0.197. The summed E-state index contributed by atoms with van der Waals surface area (Å²) in [6.07, 6.45) is -0.197. The SMILES string of the molecule is CCOc1cc2c(cc1-c1ccc(OCC(C)C)cc1)CC(C)(C)[C@H]2NC(=O)O. The maximum absolute atomic E-state index is 11.3. The molecule has 1 aliphatic carbocycles. The molecular weight excluding hydrogens is 366 g/mol. The third-order valence-electron chi connectivity index (χ3n) is 5.30. The van der Waals surface area contributed by atoms with E-state index in [4.69, 9.17) is 9.47 Å². The lowest BCUT2D eigenvalue weighted by molar-refractivity contribution is 0.175. The Morgan fingerprint density at radius 2 is 1.90 bits per heavy atom. The fraction of sp³-hybridized carbons (Fsp3) is 0.458. The first-order chi connectivity index (χ1) is 13.7. The number of fused-ring (bicyclic) bond motifs is 1. The highest BCUT2D eigenvalue weighted by molar-refractivity contribution is 5.74. The summed E-state index contributed by atoms with van der Waals surface area (Å²) in [6, 6.07) is 12.0. The summed E-state index contributed by atoms with van der Waals surface area (Å²) in [5, 5.41) is 12.0. The van der Waals surface area contributed by atoms with Crippen molar-refractivity contribution in [1.29, 1.82) is 0 Å². The number of ether oxygens (including phenoxy) is 2. The zero-order valence-corrected chi connectivity index (χ0v) is 17.9. The van der Waals surface area contributed by atoms with Crippen molar-refractivity contribution in [3.05, 3.63) is 47.5 Å². The molecule has 5 heteroatoms. The summed E-state index contributed by atoms with van der Waals surface area (Å²) in [6.45, 7) is 11.6. The van der Waals surface area contributed by atoms with E-state index >= 15 is 0 Å². The van der Waals surface area contributed by atoms with Crippen LogP contribution in [0.15, 0.2) is 36.4 Å². The van der Waals surface area contributed by atoms with Gasteiger partial charge in [0.25, 0.3) is 0 Å². The van der Waals surface area contributed by atoms with Crippen LogP contribution in [0.5, 0.6) is 11.5 Å². The van der Waals surface area contributed by atoms with Crippen molar-refractivity contribution >= 4 is 6.09 Å². The number of benzene rings is 2. The largest absolute Gasteiger partial charge is 0.493 e. The van der Waals surface area contributed by atoms with Gasteiger partial charge in [-0.25, -0.2) is 4.79 Å². The first-order valence-corrected chi connectivity index (χ1v) is 10.2. The molecule has 0 unspecified atom stereocenters. The highest BCUT2D eigenvalue weighted by Gasteiger charge is 2.40. The van der Waals surface area contributed by atoms with E-state index in [-0.39, 0.29) is 11.5 Å². The highest BCUT2D eigenvalue weighted by atomic mass is 16.5. The van der Waals surface area contributed by atoms with Crippen LogP contribution in [0.4, 0.5) is 4.79 Å². The molecule has 0 saturated carbocycles. The highest BCUT2D eigenvalue weighted by Crippen LogP contribution is 2.48. The van der Waals surface area contributed by atoms with Gasteiger partial charge in [0.1, 0.15) is 11.5 Å². The van der Waals surface area contributed by atoms with E-state index in [9.17, 15) is 9.90 Å². The van der Waals surface area contributed by atoms with Crippen molar-refractivity contribution in [2.75, 3.05) is 13.2 Å². The van der Waals surface area contributed by atoms with Gasteiger partial charge in [-0.05, 0) is 65.6 Å². The van der Waals surface area contributed by atoms with Crippen LogP contribution < -0.4 is 14.8 Å². The van der Waals surface area contributed by atoms with Crippen LogP contribution >= 0.6 is 0 Å². The topological polar surface area (TPSA) is 67.8 Å². The molecule has 0 aliphatic heterocycles. The Morgan fingerprint density at radius 1 is 1.21 bits per heavy atom. The predicted molar refractivity (Wildman–Crippen MR) is 115 cm³/mol. The molecule has 0 fully saturated rings. The Hall–Kier alpha value is -2.69. The minimum Gasteiger partial charge on any atom is -0.493 e. The molecular formula is C24H31NO4. The fourth-order valence-electron chi connectivity index (χ4n) is 3.97. The van der Waals surface area contributed by atoms with Gasteiger partial charge in [0.2, 0.25) is 0 Å². The monoisotopic (exact) mass is 397 g/mol. The lowest BCUT2D eigenvalue weighted by Crippen LogP contribution is -2.34. The van der Waals surface area contributed by atoms with Gasteiger partial charge in [0.05, 0.1) is 19.3 Å². The zero-order valence-electron chi connectivity index (χ0n) is 17.9. The van der Waals surface area contributed by atoms with Gasteiger partial charge in [-0.3, -0.25) is 0 Å². The number of amides is 1. The summed E-state index contributed by atoms with van der Waals surface area (Å²) < 4.78 is 11.7. The van der Waals surface area contributed by atoms with Crippen molar-refractivity contribution in [3.8, 4) is 22.6 Å². The van der Waals surface area contributed by atoms with Crippen molar-refractivity contribution in [1.82, 2.24) is 5.32 Å². The standard InChI is InChI=1S/C24H31NO4/c1-6-28-21-12-20-17(13-24(4,5)22(20)25-23(26)27)11-19(21)16-7-9-18(10-8-16)29-14-15(2)3/h7-12,15,22,25H,6,13-14H2,1-5H3,(H,26,27)/t22-/m0/s1. The van der Waals surface area contributed by atoms with Gasteiger partial charge >= 0.3 is 6.09 Å². The van der Waals surface area contributed by atoms with Gasteiger partial charge in [-0.15, -0.1) is 0 Å². The molecule has 1 atom stereocenters. The Labute approximate surface area is 173 Å². The lowest BCUT2D eigenvalue weighted by atomic mass is 9.85. The average molecular weight is 398 g/mol. The number of hydrogen-bond acceptors (Lipinski definition) is 3. The van der Waals surface area contributed by atoms with Crippen molar-refractivity contribution < 1.29 is 19.4 Å². The van der Waals surface area contributed by atoms with Crippen molar-refractivity contribution in [2.24, 2.45) is 11.3 Å². The molecule has 0 spiro atoms. The van der Waals surface area contributed by atoms with Crippen molar-refractivity contribution in [2.45, 2.75) is 47.1 Å². The number of carboxylic acid groups (broad SMARTS) is 1. The Balaban J connectivity index is 1.97. The maximum atomic E-state index is 11.3. The van der Waals surface area contributed by atoms with E-state index in [2.05, 4.69) is 39.1 Å². The summed E-state index contributed by atoms with van der Waals surface area (Å²) >= 11 is 0. The maximum Gasteiger partial charge on any atom is 0.405 e. The van der Waals surface area contributed by atoms with Crippen LogP contribution in [0, 0.1) is 11.3 Å². The number of carbonyl (C=O) groups is 1. The van der Waals surface area contributed by atoms with E-state index < -0.39 is 6.09 Å². The Morgan fingerprint density at radius 3 is 2.48 bits per heavy atom. The summed E-state index contributed by atoms with van der Waals surface area (Å²) in [5.74, 6) is 2.11. The first kappa shape index (κ1) is 21.0. The fourth-order valence-corrected chi connectivity index (χ4v) is 3.97. The smallest absolute Gasteiger partial charge is 0.405 e. The molecule has 3 rings (SSSR count). The lowest BCUT2D eigenvalue weighted by Gasteiger charge is -2.27. The van der Waals surface area contributed by atoms with E-state index in [1.165, 1.54) is 0 Å². The molecule has 0 bridgehead atoms. The summed E-state index contributed by atoms with van der Waals surface area (Å²) in [5.41, 5.74) is 4.04. The van der Waals surface area contributed by atoms with Crippen LogP contribution in [0.3, 0.4) is 0 Å². The van der Waals surface area contributed by atoms with Crippen LogP contribution in [-0.4, -0.2) is 24.4 Å². The molecule has 1 aliphatic rings. The van der Waals surface area contributed by atoms with Gasteiger partial charge < -0.3 is 19.9 Å². The Kier molecular flexibility index (Phi) is 6.06. The third-order valence-corrected chi connectivity index (χ3v) is 5.30. The summed E-state index contributed by atoms with van der Waals surface area (Å²) in [7, 11) is 0. The molecule has 156 valence electrons. The second-order valence-corrected chi connectivity index (χ2v) is 8.76. The molecule has 2 aromatic carbocycles. The minimum atomic E-state index is -1.00. The normalized spacial score (nSPS) is 17.1. The van der Waals surface area contributed by atoms with Gasteiger partial charge in [0, 0.05) is 5.56 Å². The molecule has 0 heterocycles. The predicted octanol–water partition coefficient (Wildman–Crippen LogP) is 5.68.